The Bertz CT molecular complexity index is 539. The Labute approximate surface area is 113 Å². The highest BCUT2D eigenvalue weighted by Gasteiger charge is 2.17. The Morgan fingerprint density at radius 1 is 1.33 bits per heavy atom. The van der Waals surface area contributed by atoms with E-state index in [1.54, 1.807) is 0 Å². The van der Waals surface area contributed by atoms with Crippen LogP contribution >= 0.6 is 11.3 Å². The SMILES string of the molecule is CNC(Cc1c(C)nn(C)c1C)c1ccc(C)s1. The molecule has 0 aliphatic heterocycles. The minimum atomic E-state index is 0.380. The fourth-order valence-electron chi connectivity index (χ4n) is 2.30. The number of likely N-dealkylation sites (N-methyl/N-ethyl adjacent to an activating group) is 1. The number of aromatic nitrogens is 2. The first-order valence-electron chi connectivity index (χ1n) is 6.25. The summed E-state index contributed by atoms with van der Waals surface area (Å²) in [5.41, 5.74) is 3.77. The maximum atomic E-state index is 4.49. The van der Waals surface area contributed by atoms with Crippen LogP contribution in [0.25, 0.3) is 0 Å². The van der Waals surface area contributed by atoms with Gasteiger partial charge in [-0.25, -0.2) is 0 Å². The van der Waals surface area contributed by atoms with E-state index in [0.717, 1.165) is 12.1 Å². The quantitative estimate of drug-likeness (QED) is 0.919. The van der Waals surface area contributed by atoms with Crippen LogP contribution in [0.15, 0.2) is 12.1 Å². The van der Waals surface area contributed by atoms with Gasteiger partial charge in [-0.2, -0.15) is 5.10 Å². The molecule has 0 amide bonds. The topological polar surface area (TPSA) is 29.9 Å². The lowest BCUT2D eigenvalue weighted by atomic mass is 10.0. The van der Waals surface area contributed by atoms with Gasteiger partial charge in [0.2, 0.25) is 0 Å². The molecule has 1 N–H and O–H groups in total. The summed E-state index contributed by atoms with van der Waals surface area (Å²) in [7, 11) is 4.04. The second-order valence-corrected chi connectivity index (χ2v) is 6.09. The second kappa shape index (κ2) is 5.24. The van der Waals surface area contributed by atoms with Crippen molar-refractivity contribution >= 4 is 11.3 Å². The van der Waals surface area contributed by atoms with Gasteiger partial charge in [0, 0.05) is 28.5 Å². The van der Waals surface area contributed by atoms with Crippen molar-refractivity contribution in [3.05, 3.63) is 38.8 Å². The molecule has 0 aliphatic rings. The number of thiophene rings is 1. The average molecular weight is 263 g/mol. The van der Waals surface area contributed by atoms with Crippen LogP contribution in [0.5, 0.6) is 0 Å². The average Bonchev–Trinajstić information content (AvgIpc) is 2.84. The first-order valence-corrected chi connectivity index (χ1v) is 7.07. The molecular formula is C14H21N3S. The maximum Gasteiger partial charge on any atom is 0.0629 e. The summed E-state index contributed by atoms with van der Waals surface area (Å²) in [5, 5.41) is 7.91. The molecule has 2 aromatic heterocycles. The number of nitrogens with zero attached hydrogens (tertiary/aromatic N) is 2. The van der Waals surface area contributed by atoms with E-state index in [-0.39, 0.29) is 0 Å². The highest BCUT2D eigenvalue weighted by atomic mass is 32.1. The van der Waals surface area contributed by atoms with Crippen LogP contribution in [0.4, 0.5) is 0 Å². The highest BCUT2D eigenvalue weighted by Crippen LogP contribution is 2.27. The van der Waals surface area contributed by atoms with E-state index in [1.807, 2.05) is 30.1 Å². The Balaban J connectivity index is 2.25. The first-order chi connectivity index (χ1) is 8.52. The third-order valence-corrected chi connectivity index (χ3v) is 4.63. The number of nitrogens with one attached hydrogen (secondary N) is 1. The fourth-order valence-corrected chi connectivity index (χ4v) is 3.29. The molecule has 0 radical (unpaired) electrons. The predicted molar refractivity (Wildman–Crippen MR) is 77.2 cm³/mol. The Morgan fingerprint density at radius 3 is 2.50 bits per heavy atom. The van der Waals surface area contributed by atoms with E-state index in [9.17, 15) is 0 Å². The Kier molecular flexibility index (Phi) is 3.88. The molecule has 3 nitrogen and oxygen atoms in total. The van der Waals surface area contributed by atoms with Crippen molar-refractivity contribution in [2.75, 3.05) is 7.05 Å². The molecule has 2 heterocycles. The molecule has 0 spiro atoms. The van der Waals surface area contributed by atoms with E-state index in [2.05, 4.69) is 43.3 Å². The van der Waals surface area contributed by atoms with Gasteiger partial charge in [-0.05, 0) is 51.9 Å². The van der Waals surface area contributed by atoms with Crippen molar-refractivity contribution < 1.29 is 0 Å². The van der Waals surface area contributed by atoms with Crippen molar-refractivity contribution in [1.29, 1.82) is 0 Å². The van der Waals surface area contributed by atoms with Gasteiger partial charge in [0.05, 0.1) is 5.69 Å². The molecule has 2 aromatic rings. The van der Waals surface area contributed by atoms with E-state index < -0.39 is 0 Å². The zero-order chi connectivity index (χ0) is 13.3. The number of rotatable bonds is 4. The summed E-state index contributed by atoms with van der Waals surface area (Å²) in [4.78, 5) is 2.77. The summed E-state index contributed by atoms with van der Waals surface area (Å²) in [6.45, 7) is 6.39. The largest absolute Gasteiger partial charge is 0.312 e. The molecule has 4 heteroatoms. The van der Waals surface area contributed by atoms with Crippen molar-refractivity contribution in [3.63, 3.8) is 0 Å². The molecule has 0 saturated heterocycles. The molecule has 18 heavy (non-hydrogen) atoms. The van der Waals surface area contributed by atoms with Gasteiger partial charge in [-0.15, -0.1) is 11.3 Å². The minimum Gasteiger partial charge on any atom is -0.312 e. The summed E-state index contributed by atoms with van der Waals surface area (Å²) in [6, 6.07) is 4.79. The van der Waals surface area contributed by atoms with E-state index >= 15 is 0 Å². The van der Waals surface area contributed by atoms with Crippen LogP contribution in [0.2, 0.25) is 0 Å². The predicted octanol–water partition coefficient (Wildman–Crippen LogP) is 2.91. The fraction of sp³-hybridized carbons (Fsp3) is 0.500. The first kappa shape index (κ1) is 13.3. The van der Waals surface area contributed by atoms with Gasteiger partial charge < -0.3 is 5.32 Å². The molecule has 0 fully saturated rings. The van der Waals surface area contributed by atoms with Crippen molar-refractivity contribution in [2.45, 2.75) is 33.2 Å². The third kappa shape index (κ3) is 2.49. The van der Waals surface area contributed by atoms with Gasteiger partial charge in [-0.1, -0.05) is 0 Å². The van der Waals surface area contributed by atoms with Crippen LogP contribution in [0.3, 0.4) is 0 Å². The third-order valence-electron chi connectivity index (χ3n) is 3.52. The van der Waals surface area contributed by atoms with E-state index in [1.165, 1.54) is 21.0 Å². The summed E-state index contributed by atoms with van der Waals surface area (Å²) in [5.74, 6) is 0. The van der Waals surface area contributed by atoms with Crippen molar-refractivity contribution in [1.82, 2.24) is 15.1 Å². The lowest BCUT2D eigenvalue weighted by Crippen LogP contribution is -2.18. The second-order valence-electron chi connectivity index (χ2n) is 4.77. The summed E-state index contributed by atoms with van der Waals surface area (Å²) >= 11 is 1.87. The monoisotopic (exact) mass is 263 g/mol. The molecule has 1 unspecified atom stereocenters. The molecule has 1 atom stereocenters. The van der Waals surface area contributed by atoms with E-state index in [0.29, 0.717) is 6.04 Å². The lowest BCUT2D eigenvalue weighted by Gasteiger charge is -2.14. The van der Waals surface area contributed by atoms with Gasteiger partial charge in [0.25, 0.3) is 0 Å². The van der Waals surface area contributed by atoms with Crippen LogP contribution in [-0.4, -0.2) is 16.8 Å². The molecule has 0 aromatic carbocycles. The van der Waals surface area contributed by atoms with Crippen LogP contribution < -0.4 is 5.32 Å². The number of aryl methyl sites for hydroxylation is 3. The standard InChI is InChI=1S/C14H21N3S/c1-9-6-7-14(18-9)13(15-4)8-12-10(2)16-17(5)11(12)3/h6-7,13,15H,8H2,1-5H3. The number of hydrogen-bond acceptors (Lipinski definition) is 3. The molecule has 0 aliphatic carbocycles. The van der Waals surface area contributed by atoms with Gasteiger partial charge in [0.1, 0.15) is 0 Å². The van der Waals surface area contributed by atoms with Crippen LogP contribution in [0.1, 0.15) is 32.7 Å². The smallest absolute Gasteiger partial charge is 0.0629 e. The van der Waals surface area contributed by atoms with Gasteiger partial charge in [0.15, 0.2) is 0 Å². The number of hydrogen-bond donors (Lipinski definition) is 1. The lowest BCUT2D eigenvalue weighted by molar-refractivity contribution is 0.598. The van der Waals surface area contributed by atoms with Gasteiger partial charge >= 0.3 is 0 Å². The molecule has 2 rings (SSSR count). The summed E-state index contributed by atoms with van der Waals surface area (Å²) in [6.07, 6.45) is 1.00. The van der Waals surface area contributed by atoms with Crippen LogP contribution in [0, 0.1) is 20.8 Å². The van der Waals surface area contributed by atoms with Crippen LogP contribution in [-0.2, 0) is 13.5 Å². The Morgan fingerprint density at radius 2 is 2.06 bits per heavy atom. The highest BCUT2D eigenvalue weighted by molar-refractivity contribution is 7.12. The maximum absolute atomic E-state index is 4.49. The van der Waals surface area contributed by atoms with Crippen molar-refractivity contribution in [3.8, 4) is 0 Å². The zero-order valence-corrected chi connectivity index (χ0v) is 12.6. The minimum absolute atomic E-state index is 0.380. The molecule has 0 saturated carbocycles. The molecular weight excluding hydrogens is 242 g/mol. The molecule has 0 bridgehead atoms. The Hall–Kier alpha value is -1.13. The van der Waals surface area contributed by atoms with E-state index in [4.69, 9.17) is 0 Å². The van der Waals surface area contributed by atoms with Crippen molar-refractivity contribution in [2.24, 2.45) is 7.05 Å². The van der Waals surface area contributed by atoms with Gasteiger partial charge in [-0.3, -0.25) is 4.68 Å². The molecule has 98 valence electrons. The summed E-state index contributed by atoms with van der Waals surface area (Å²) < 4.78 is 1.97. The zero-order valence-electron chi connectivity index (χ0n) is 11.7. The normalized spacial score (nSPS) is 12.9.